The number of benzene rings is 4. The summed E-state index contributed by atoms with van der Waals surface area (Å²) in [7, 11) is 0. The Morgan fingerprint density at radius 3 is 2.42 bits per heavy atom. The molecule has 4 aromatic carbocycles. The molecule has 0 radical (unpaired) electrons. The minimum atomic E-state index is -0.110. The van der Waals surface area contributed by atoms with E-state index in [-0.39, 0.29) is 23.8 Å². The molecule has 2 aliphatic heterocycles. The average Bonchev–Trinajstić information content (AvgIpc) is 3.43. The van der Waals surface area contributed by atoms with Crippen molar-refractivity contribution in [3.8, 4) is 5.75 Å². The fourth-order valence-electron chi connectivity index (χ4n) is 5.31. The van der Waals surface area contributed by atoms with Crippen LogP contribution in [-0.2, 0) is 11.3 Å². The monoisotopic (exact) mass is 495 g/mol. The minimum absolute atomic E-state index is 0.0108. The fraction of sp³-hybridized carbons (Fsp3) is 0.194. The highest BCUT2D eigenvalue weighted by atomic mass is 35.5. The Kier molecular flexibility index (Phi) is 6.22. The summed E-state index contributed by atoms with van der Waals surface area (Å²) in [5.74, 6) is 1.01. The highest BCUT2D eigenvalue weighted by molar-refractivity contribution is 6.31. The molecule has 0 spiro atoms. The largest absolute Gasteiger partial charge is 0.489 e. The Balaban J connectivity index is 1.31. The van der Waals surface area contributed by atoms with E-state index in [1.54, 1.807) is 6.07 Å². The third-order valence-corrected chi connectivity index (χ3v) is 7.29. The molecule has 6 rings (SSSR count). The molecule has 0 aromatic heterocycles. The van der Waals surface area contributed by atoms with Gasteiger partial charge in [0.05, 0.1) is 17.8 Å². The molecule has 1 N–H and O–H groups in total. The van der Waals surface area contributed by atoms with Crippen molar-refractivity contribution in [3.63, 3.8) is 0 Å². The molecule has 5 heteroatoms. The molecule has 0 bridgehead atoms. The maximum atomic E-state index is 13.5. The number of halogens is 1. The van der Waals surface area contributed by atoms with Crippen LogP contribution in [-0.4, -0.2) is 12.4 Å². The number of fused-ring (bicyclic) bond motifs is 3. The molecule has 3 unspecified atom stereocenters. The van der Waals surface area contributed by atoms with E-state index < -0.39 is 0 Å². The van der Waals surface area contributed by atoms with Crippen LogP contribution < -0.4 is 10.1 Å². The van der Waals surface area contributed by atoms with Crippen molar-refractivity contribution in [1.29, 1.82) is 0 Å². The van der Waals surface area contributed by atoms with Crippen molar-refractivity contribution >= 4 is 23.1 Å². The maximum absolute atomic E-state index is 13.5. The van der Waals surface area contributed by atoms with Gasteiger partial charge in [-0.3, -0.25) is 4.79 Å². The van der Waals surface area contributed by atoms with Crippen molar-refractivity contribution in [3.05, 3.63) is 130 Å². The Hall–Kier alpha value is -3.60. The van der Waals surface area contributed by atoms with Gasteiger partial charge in [-0.1, -0.05) is 84.4 Å². The van der Waals surface area contributed by atoms with E-state index in [1.165, 1.54) is 0 Å². The molecule has 1 fully saturated rings. The summed E-state index contributed by atoms with van der Waals surface area (Å²) in [6, 6.07) is 31.4. The van der Waals surface area contributed by atoms with E-state index in [4.69, 9.17) is 21.1 Å². The van der Waals surface area contributed by atoms with Gasteiger partial charge in [0.2, 0.25) is 0 Å². The van der Waals surface area contributed by atoms with Gasteiger partial charge >= 0.3 is 0 Å². The third-order valence-electron chi connectivity index (χ3n) is 7.07. The van der Waals surface area contributed by atoms with Gasteiger partial charge in [-0.25, -0.2) is 0 Å². The topological polar surface area (TPSA) is 47.6 Å². The van der Waals surface area contributed by atoms with Crippen molar-refractivity contribution in [2.24, 2.45) is 5.92 Å². The predicted octanol–water partition coefficient (Wildman–Crippen LogP) is 7.39. The van der Waals surface area contributed by atoms with Crippen LogP contribution in [0.4, 0.5) is 5.69 Å². The van der Waals surface area contributed by atoms with Crippen LogP contribution in [0.2, 0.25) is 5.02 Å². The van der Waals surface area contributed by atoms with Crippen LogP contribution in [0.1, 0.15) is 51.2 Å². The first-order valence-electron chi connectivity index (χ1n) is 12.3. The lowest BCUT2D eigenvalue weighted by Gasteiger charge is -2.37. The molecule has 4 aromatic rings. The number of ether oxygens (including phenoxy) is 2. The Morgan fingerprint density at radius 2 is 1.67 bits per heavy atom. The van der Waals surface area contributed by atoms with E-state index in [1.807, 2.05) is 66.7 Å². The Morgan fingerprint density at radius 1 is 0.944 bits per heavy atom. The molecule has 4 nitrogen and oxygen atoms in total. The molecule has 0 aliphatic carbocycles. The SMILES string of the molecule is O=C(c1ccccc1)c1cc(Cl)cc2c1NC(c1ccc(OCc3ccccc3)cc1)C1CCOC21. The first-order valence-corrected chi connectivity index (χ1v) is 12.6. The third kappa shape index (κ3) is 4.39. The van der Waals surface area contributed by atoms with Crippen LogP contribution >= 0.6 is 11.6 Å². The molecule has 180 valence electrons. The van der Waals surface area contributed by atoms with Crippen molar-refractivity contribution in [2.75, 3.05) is 11.9 Å². The summed E-state index contributed by atoms with van der Waals surface area (Å²) >= 11 is 6.50. The Bertz CT molecular complexity index is 1370. The van der Waals surface area contributed by atoms with Gasteiger partial charge in [0, 0.05) is 34.2 Å². The Labute approximate surface area is 215 Å². The van der Waals surface area contributed by atoms with E-state index in [0.717, 1.165) is 34.5 Å². The molecule has 2 aliphatic rings. The zero-order chi connectivity index (χ0) is 24.5. The van der Waals surface area contributed by atoms with Gasteiger partial charge in [0.15, 0.2) is 5.78 Å². The molecular formula is C31H26ClNO3. The highest BCUT2D eigenvalue weighted by Gasteiger charge is 2.43. The van der Waals surface area contributed by atoms with E-state index in [9.17, 15) is 4.79 Å². The number of nitrogens with one attached hydrogen (secondary N) is 1. The second-order valence-corrected chi connectivity index (χ2v) is 9.76. The molecule has 3 atom stereocenters. The highest BCUT2D eigenvalue weighted by Crippen LogP contribution is 2.51. The first-order chi connectivity index (χ1) is 17.7. The summed E-state index contributed by atoms with van der Waals surface area (Å²) in [4.78, 5) is 13.5. The van der Waals surface area contributed by atoms with Crippen molar-refractivity contribution in [2.45, 2.75) is 25.2 Å². The van der Waals surface area contributed by atoms with E-state index >= 15 is 0 Å². The maximum Gasteiger partial charge on any atom is 0.195 e. The van der Waals surface area contributed by atoms with Crippen LogP contribution in [0.15, 0.2) is 97.1 Å². The molecule has 0 saturated carbocycles. The number of carbonyl (C=O) groups is 1. The van der Waals surface area contributed by atoms with Gasteiger partial charge in [0.1, 0.15) is 12.4 Å². The van der Waals surface area contributed by atoms with Crippen LogP contribution in [0, 0.1) is 5.92 Å². The van der Waals surface area contributed by atoms with Gasteiger partial charge in [-0.15, -0.1) is 0 Å². The standard InChI is InChI=1S/C31H26ClNO3/c32-23-17-26(30(34)22-9-5-2-6-10-22)29-27(18-23)31-25(15-16-35-31)28(33-29)21-11-13-24(14-12-21)36-19-20-7-3-1-4-8-20/h1-14,17-18,25,28,31,33H,15-16,19H2. The summed E-state index contributed by atoms with van der Waals surface area (Å²) in [6.45, 7) is 1.21. The van der Waals surface area contributed by atoms with E-state index in [2.05, 4.69) is 29.6 Å². The van der Waals surface area contributed by atoms with E-state index in [0.29, 0.717) is 29.4 Å². The fourth-order valence-corrected chi connectivity index (χ4v) is 5.54. The summed E-state index contributed by atoms with van der Waals surface area (Å²) in [5.41, 5.74) is 5.25. The lowest BCUT2D eigenvalue weighted by atomic mass is 9.79. The predicted molar refractivity (Wildman–Crippen MR) is 142 cm³/mol. The zero-order valence-electron chi connectivity index (χ0n) is 19.7. The van der Waals surface area contributed by atoms with Gasteiger partial charge in [-0.2, -0.15) is 0 Å². The van der Waals surface area contributed by atoms with Crippen LogP contribution in [0.5, 0.6) is 5.75 Å². The lowest BCUT2D eigenvalue weighted by Crippen LogP contribution is -2.30. The van der Waals surface area contributed by atoms with Gasteiger partial charge in [-0.05, 0) is 41.8 Å². The second-order valence-electron chi connectivity index (χ2n) is 9.32. The molecule has 2 heterocycles. The molecule has 1 saturated heterocycles. The van der Waals surface area contributed by atoms with Gasteiger partial charge < -0.3 is 14.8 Å². The first kappa shape index (κ1) is 22.8. The quantitative estimate of drug-likeness (QED) is 0.283. The van der Waals surface area contributed by atoms with Crippen molar-refractivity contribution < 1.29 is 14.3 Å². The van der Waals surface area contributed by atoms with Crippen LogP contribution in [0.25, 0.3) is 0 Å². The lowest BCUT2D eigenvalue weighted by molar-refractivity contribution is 0.0827. The number of ketones is 1. The molecular weight excluding hydrogens is 470 g/mol. The normalized spacial score (nSPS) is 20.2. The second kappa shape index (κ2) is 9.81. The number of rotatable bonds is 6. The molecule has 0 amide bonds. The summed E-state index contributed by atoms with van der Waals surface area (Å²) < 4.78 is 12.2. The summed E-state index contributed by atoms with van der Waals surface area (Å²) in [5, 5.41) is 4.25. The number of hydrogen-bond donors (Lipinski definition) is 1. The minimum Gasteiger partial charge on any atom is -0.489 e. The number of hydrogen-bond acceptors (Lipinski definition) is 4. The zero-order valence-corrected chi connectivity index (χ0v) is 20.4. The average molecular weight is 496 g/mol. The van der Waals surface area contributed by atoms with Crippen molar-refractivity contribution in [1.82, 2.24) is 0 Å². The number of anilines is 1. The smallest absolute Gasteiger partial charge is 0.195 e. The van der Waals surface area contributed by atoms with Crippen LogP contribution in [0.3, 0.4) is 0 Å². The number of carbonyl (C=O) groups excluding carboxylic acids is 1. The van der Waals surface area contributed by atoms with Gasteiger partial charge in [0.25, 0.3) is 0 Å². The molecule has 36 heavy (non-hydrogen) atoms. The summed E-state index contributed by atoms with van der Waals surface area (Å²) in [6.07, 6.45) is 0.823.